The Bertz CT molecular complexity index is 428. The van der Waals surface area contributed by atoms with Crippen LogP contribution in [0.3, 0.4) is 0 Å². The fourth-order valence-electron chi connectivity index (χ4n) is 4.26. The molecule has 1 aliphatic rings. The van der Waals surface area contributed by atoms with E-state index in [1.165, 1.54) is 103 Å². The largest absolute Gasteiger partial charge is 0.394 e. The smallest absolute Gasteiger partial charge is 0.186 e. The molecule has 1 saturated heterocycles. The molecular weight excluding hydrogens is 404 g/mol. The van der Waals surface area contributed by atoms with E-state index >= 15 is 0 Å². The van der Waals surface area contributed by atoms with Crippen LogP contribution in [0, 0.1) is 0 Å². The van der Waals surface area contributed by atoms with Crippen molar-refractivity contribution in [1.29, 1.82) is 0 Å². The third-order valence-corrected chi connectivity index (χ3v) is 6.44. The second kappa shape index (κ2) is 21.1. The van der Waals surface area contributed by atoms with Crippen LogP contribution < -0.4 is 0 Å². The fraction of sp³-hybridized carbons (Fsp3) is 0.926. The fourth-order valence-corrected chi connectivity index (χ4v) is 4.26. The van der Waals surface area contributed by atoms with Crippen molar-refractivity contribution in [3.8, 4) is 0 Å². The molecule has 4 atom stereocenters. The summed E-state index contributed by atoms with van der Waals surface area (Å²) in [5.41, 5.74) is 0. The van der Waals surface area contributed by atoms with Gasteiger partial charge >= 0.3 is 0 Å². The molecule has 0 aromatic heterocycles. The standard InChI is InChI=1S/C27H52O5/c1-2-3-4-5-6-7-8-9-10-11-12-13-14-15-16-17-18-19-20-21-22-31-27-26(30)25(29)24(23-28)32-27/h9-10,24-30H,2-8,11-23H2,1H3/b10-9-/t24-,25-,26+,27?/m1/s1. The molecule has 0 aromatic carbocycles. The van der Waals surface area contributed by atoms with Crippen LogP contribution in [0.4, 0.5) is 0 Å². The molecule has 1 fully saturated rings. The quantitative estimate of drug-likeness (QED) is 0.137. The predicted octanol–water partition coefficient (Wildman–Crippen LogP) is 6.04. The number of aliphatic hydroxyl groups excluding tert-OH is 3. The lowest BCUT2D eigenvalue weighted by molar-refractivity contribution is -0.169. The summed E-state index contributed by atoms with van der Waals surface area (Å²) in [6, 6.07) is 0. The number of hydrogen-bond acceptors (Lipinski definition) is 5. The van der Waals surface area contributed by atoms with Gasteiger partial charge in [-0.2, -0.15) is 0 Å². The van der Waals surface area contributed by atoms with E-state index in [2.05, 4.69) is 19.1 Å². The van der Waals surface area contributed by atoms with Gasteiger partial charge in [0.25, 0.3) is 0 Å². The molecule has 1 heterocycles. The third kappa shape index (κ3) is 14.6. The molecule has 1 rings (SSSR count). The normalized spacial score (nSPS) is 23.5. The van der Waals surface area contributed by atoms with Gasteiger partial charge in [-0.1, -0.05) is 103 Å². The molecule has 5 heteroatoms. The summed E-state index contributed by atoms with van der Waals surface area (Å²) in [5, 5.41) is 28.6. The van der Waals surface area contributed by atoms with Gasteiger partial charge < -0.3 is 24.8 Å². The molecule has 0 bridgehead atoms. The van der Waals surface area contributed by atoms with Crippen LogP contribution in [0.1, 0.15) is 122 Å². The zero-order chi connectivity index (χ0) is 23.3. The van der Waals surface area contributed by atoms with Gasteiger partial charge in [0.1, 0.15) is 18.3 Å². The molecule has 190 valence electrons. The first kappa shape index (κ1) is 29.6. The van der Waals surface area contributed by atoms with Gasteiger partial charge in [-0.25, -0.2) is 0 Å². The summed E-state index contributed by atoms with van der Waals surface area (Å²) < 4.78 is 10.8. The zero-order valence-electron chi connectivity index (χ0n) is 20.8. The minimum atomic E-state index is -1.08. The number of unbranched alkanes of at least 4 members (excludes halogenated alkanes) is 16. The average molecular weight is 457 g/mol. The lowest BCUT2D eigenvalue weighted by atomic mass is 10.1. The Morgan fingerprint density at radius 2 is 1.12 bits per heavy atom. The van der Waals surface area contributed by atoms with Crippen LogP contribution in [0.2, 0.25) is 0 Å². The van der Waals surface area contributed by atoms with E-state index in [-0.39, 0.29) is 6.61 Å². The number of allylic oxidation sites excluding steroid dienone is 2. The van der Waals surface area contributed by atoms with Crippen LogP contribution in [0.5, 0.6) is 0 Å². The highest BCUT2D eigenvalue weighted by molar-refractivity contribution is 4.86. The highest BCUT2D eigenvalue weighted by Crippen LogP contribution is 2.22. The maximum absolute atomic E-state index is 9.81. The van der Waals surface area contributed by atoms with Gasteiger partial charge in [0, 0.05) is 6.61 Å². The maximum atomic E-state index is 9.81. The molecule has 0 aliphatic carbocycles. The summed E-state index contributed by atoms with van der Waals surface area (Å²) >= 11 is 0. The maximum Gasteiger partial charge on any atom is 0.186 e. The zero-order valence-corrected chi connectivity index (χ0v) is 20.8. The van der Waals surface area contributed by atoms with Crippen LogP contribution in [-0.2, 0) is 9.47 Å². The minimum absolute atomic E-state index is 0.311. The third-order valence-electron chi connectivity index (χ3n) is 6.44. The number of rotatable bonds is 22. The van der Waals surface area contributed by atoms with E-state index in [9.17, 15) is 10.2 Å². The molecule has 0 aromatic rings. The van der Waals surface area contributed by atoms with Gasteiger partial charge in [-0.15, -0.1) is 0 Å². The molecule has 1 aliphatic heterocycles. The highest BCUT2D eigenvalue weighted by atomic mass is 16.7. The van der Waals surface area contributed by atoms with Gasteiger partial charge in [-0.3, -0.25) is 0 Å². The van der Waals surface area contributed by atoms with Gasteiger partial charge in [-0.05, 0) is 32.1 Å². The van der Waals surface area contributed by atoms with Crippen LogP contribution in [0.25, 0.3) is 0 Å². The first-order valence-electron chi connectivity index (χ1n) is 13.6. The SMILES string of the molecule is CCCCCCCC/C=C\CCCCCCCCCCCCOC1O[C@H](CO)[C@@H](O)[C@@H]1O. The van der Waals surface area contributed by atoms with Crippen molar-refractivity contribution in [2.45, 2.75) is 147 Å². The van der Waals surface area contributed by atoms with Gasteiger partial charge in [0.15, 0.2) is 6.29 Å². The number of ether oxygens (including phenoxy) is 2. The van der Waals surface area contributed by atoms with Crippen molar-refractivity contribution in [1.82, 2.24) is 0 Å². The minimum Gasteiger partial charge on any atom is -0.394 e. The number of hydrogen-bond donors (Lipinski definition) is 3. The Labute approximate surface area is 197 Å². The lowest BCUT2D eigenvalue weighted by Gasteiger charge is -2.15. The molecule has 0 saturated carbocycles. The summed E-state index contributed by atoms with van der Waals surface area (Å²) in [6.45, 7) is 2.48. The van der Waals surface area contributed by atoms with E-state index in [0.29, 0.717) is 6.61 Å². The van der Waals surface area contributed by atoms with Crippen molar-refractivity contribution in [2.24, 2.45) is 0 Å². The van der Waals surface area contributed by atoms with Crippen molar-refractivity contribution in [2.75, 3.05) is 13.2 Å². The second-order valence-electron chi connectivity index (χ2n) is 9.43. The molecule has 3 N–H and O–H groups in total. The van der Waals surface area contributed by atoms with Crippen molar-refractivity contribution >= 4 is 0 Å². The van der Waals surface area contributed by atoms with Crippen molar-refractivity contribution in [3.05, 3.63) is 12.2 Å². The summed E-state index contributed by atoms with van der Waals surface area (Å²) in [5.74, 6) is 0. The second-order valence-corrected chi connectivity index (χ2v) is 9.43. The topological polar surface area (TPSA) is 79.2 Å². The molecule has 5 nitrogen and oxygen atoms in total. The Balaban J connectivity index is 1.75. The van der Waals surface area contributed by atoms with E-state index in [4.69, 9.17) is 14.6 Å². The summed E-state index contributed by atoms with van der Waals surface area (Å²) in [4.78, 5) is 0. The molecular formula is C27H52O5. The molecule has 0 spiro atoms. The molecule has 0 amide bonds. The van der Waals surface area contributed by atoms with Crippen LogP contribution in [-0.4, -0.2) is 53.1 Å². The van der Waals surface area contributed by atoms with Gasteiger partial charge in [0.05, 0.1) is 6.61 Å². The van der Waals surface area contributed by atoms with E-state index < -0.39 is 24.6 Å². The van der Waals surface area contributed by atoms with Crippen LogP contribution in [0.15, 0.2) is 12.2 Å². The first-order chi connectivity index (χ1) is 15.7. The summed E-state index contributed by atoms with van der Waals surface area (Å²) in [6.07, 6.45) is 24.5. The van der Waals surface area contributed by atoms with Gasteiger partial charge in [0.2, 0.25) is 0 Å². The Morgan fingerprint density at radius 3 is 1.59 bits per heavy atom. The van der Waals surface area contributed by atoms with Crippen molar-refractivity contribution in [3.63, 3.8) is 0 Å². The summed E-state index contributed by atoms with van der Waals surface area (Å²) in [7, 11) is 0. The molecule has 0 radical (unpaired) electrons. The Hall–Kier alpha value is -0.460. The Kier molecular flexibility index (Phi) is 19.5. The lowest BCUT2D eigenvalue weighted by Crippen LogP contribution is -2.34. The average Bonchev–Trinajstić information content (AvgIpc) is 3.08. The van der Waals surface area contributed by atoms with E-state index in [0.717, 1.165) is 12.8 Å². The molecule has 32 heavy (non-hydrogen) atoms. The monoisotopic (exact) mass is 456 g/mol. The van der Waals surface area contributed by atoms with E-state index in [1.807, 2.05) is 0 Å². The Morgan fingerprint density at radius 1 is 0.656 bits per heavy atom. The van der Waals surface area contributed by atoms with Crippen molar-refractivity contribution < 1.29 is 24.8 Å². The number of aliphatic hydroxyl groups is 3. The van der Waals surface area contributed by atoms with E-state index in [1.54, 1.807) is 0 Å². The highest BCUT2D eigenvalue weighted by Gasteiger charge is 2.42. The van der Waals surface area contributed by atoms with Crippen LogP contribution >= 0.6 is 0 Å². The molecule has 1 unspecified atom stereocenters. The first-order valence-corrected chi connectivity index (χ1v) is 13.6. The predicted molar refractivity (Wildman–Crippen MR) is 132 cm³/mol.